The van der Waals surface area contributed by atoms with Crippen LogP contribution in [0.3, 0.4) is 0 Å². The minimum atomic E-state index is -1.86. The lowest BCUT2D eigenvalue weighted by molar-refractivity contribution is -0.145. The maximum atomic E-state index is 15.3. The van der Waals surface area contributed by atoms with Crippen LogP contribution in [0, 0.1) is 0 Å². The fourth-order valence-corrected chi connectivity index (χ4v) is 13.8. The van der Waals surface area contributed by atoms with Crippen LogP contribution in [0.15, 0.2) is 97.1 Å². The first-order chi connectivity index (χ1) is 49.9. The number of aliphatic hydroxyl groups excluding tert-OH is 1. The third-order valence-corrected chi connectivity index (χ3v) is 19.7. The molecule has 37 heteroatoms. The number of anilines is 1. The van der Waals surface area contributed by atoms with E-state index in [0.29, 0.717) is 33.7 Å². The minimum Gasteiger partial charge on any atom is -0.508 e. The summed E-state index contributed by atoms with van der Waals surface area (Å²) >= 11 is 6.26. The number of aliphatic hydroxyl groups is 1. The molecule has 21 N–H and O–H groups in total. The van der Waals surface area contributed by atoms with Gasteiger partial charge in [-0.05, 0) is 110 Å². The molecule has 0 saturated carbocycles. The highest BCUT2D eigenvalue weighted by molar-refractivity contribution is 8.76. The van der Waals surface area contributed by atoms with Gasteiger partial charge in [-0.2, -0.15) is 0 Å². The summed E-state index contributed by atoms with van der Waals surface area (Å²) in [5, 5.41) is 84.9. The number of benzene rings is 4. The molecule has 34 nitrogen and oxygen atoms in total. The number of unbranched alkanes of at least 4 members (excludes halogenated alkanes) is 1. The fraction of sp³-hybridized carbons (Fsp3) is 0.456. The molecule has 2 fully saturated rings. The number of carboxylic acid groups (broad SMARTS) is 3. The van der Waals surface area contributed by atoms with Crippen molar-refractivity contribution in [3.05, 3.63) is 124 Å². The van der Waals surface area contributed by atoms with Crippen molar-refractivity contribution in [1.82, 2.24) is 57.2 Å². The number of nitrogens with zero attached hydrogens (tertiary/aromatic N) is 3. The van der Waals surface area contributed by atoms with Crippen molar-refractivity contribution >= 4 is 116 Å². The Hall–Kier alpha value is -9.82. The highest BCUT2D eigenvalue weighted by Gasteiger charge is 2.38. The van der Waals surface area contributed by atoms with Crippen molar-refractivity contribution < 1.29 is 93.0 Å². The summed E-state index contributed by atoms with van der Waals surface area (Å²) in [6.07, 6.45) is -3.34. The van der Waals surface area contributed by atoms with Crippen molar-refractivity contribution in [2.45, 2.75) is 125 Å². The number of amides is 11. The molecule has 4 aromatic rings. The van der Waals surface area contributed by atoms with Crippen LogP contribution in [-0.4, -0.2) is 253 Å². The summed E-state index contributed by atoms with van der Waals surface area (Å²) in [6, 6.07) is 7.85. The van der Waals surface area contributed by atoms with Crippen LogP contribution in [-0.2, 0) is 83.2 Å². The quantitative estimate of drug-likeness (QED) is 0.0209. The summed E-state index contributed by atoms with van der Waals surface area (Å²) in [5.41, 5.74) is 18.8. The van der Waals surface area contributed by atoms with Gasteiger partial charge in [0.1, 0.15) is 65.9 Å². The second kappa shape index (κ2) is 42.2. The zero-order valence-corrected chi connectivity index (χ0v) is 59.8. The van der Waals surface area contributed by atoms with Crippen LogP contribution < -0.4 is 65.1 Å². The number of phenolic OH excluding ortho intramolecular Hbond substituents is 2. The number of aromatic hydroxyl groups is 2. The summed E-state index contributed by atoms with van der Waals surface area (Å²) in [6.45, 7) is 0.957. The van der Waals surface area contributed by atoms with E-state index in [1.165, 1.54) is 99.6 Å². The predicted octanol–water partition coefficient (Wildman–Crippen LogP) is -1.90. The van der Waals surface area contributed by atoms with Gasteiger partial charge in [-0.3, -0.25) is 72.2 Å². The maximum absolute atomic E-state index is 15.3. The first kappa shape index (κ1) is 84.1. The molecule has 10 atom stereocenters. The van der Waals surface area contributed by atoms with E-state index in [1.807, 2.05) is 0 Å². The van der Waals surface area contributed by atoms with E-state index in [9.17, 15) is 78.6 Å². The number of carboxylic acids is 3. The summed E-state index contributed by atoms with van der Waals surface area (Å²) in [7, 11) is 1.68. The molecule has 0 aromatic heterocycles. The molecule has 570 valence electrons. The van der Waals surface area contributed by atoms with Crippen molar-refractivity contribution in [2.24, 2.45) is 17.2 Å². The molecular formula is C68H90ClN15O19S2. The Bertz CT molecular complexity index is 3640. The average molecular weight is 1520 g/mol. The molecule has 2 aliphatic heterocycles. The number of nitrogens with one attached hydrogen (secondary N) is 9. The lowest BCUT2D eigenvalue weighted by Gasteiger charge is -2.30. The van der Waals surface area contributed by atoms with Gasteiger partial charge in [0, 0.05) is 93.6 Å². The van der Waals surface area contributed by atoms with Crippen LogP contribution in [0.1, 0.15) is 61.3 Å². The Morgan fingerprint density at radius 1 is 0.590 bits per heavy atom. The Kier molecular flexibility index (Phi) is 33.8. The molecule has 6 rings (SSSR count). The molecular weight excluding hydrogens is 1430 g/mol. The molecule has 11 amide bonds. The number of nitrogens with two attached hydrogens (primary N) is 3. The van der Waals surface area contributed by atoms with Crippen LogP contribution >= 0.6 is 33.2 Å². The monoisotopic (exact) mass is 1520 g/mol. The summed E-state index contributed by atoms with van der Waals surface area (Å²) in [4.78, 5) is 184. The first-order valence-corrected chi connectivity index (χ1v) is 36.4. The highest BCUT2D eigenvalue weighted by atomic mass is 35.5. The number of carbonyl (C=O) groups excluding carboxylic acids is 10. The van der Waals surface area contributed by atoms with Crippen molar-refractivity contribution in [3.63, 3.8) is 0 Å². The number of aliphatic carboxylic acids is 3. The standard InChI is InChI=1S/C68H90ClN15O19S2/c1-38(85)58-66(100)80-53(64(98)76-48(59(71)93)30-41-9-17-45(86)18-10-41)37-105-104-36-52(79-61(95)49(31-39-5-13-43(69)14-6-39)74-55(88)22-21-54(67(101)102)84-28-26-82(34-56(89)90)24-25-83(27-29-84)35-57(91)92)65(99)78-51(33-42-11-19-46(87)20-12-42)63(97)77-50(32-40-7-15-44(16-8-40)73-68(72)103)62(96)75-47(60(94)81-58)4-2-3-23-70/h5-20,38,47-54,58,85-87H,2-4,21-37,70H2,1H3,(H2,71,93)(H,74,88)(H,75,96)(H,76,98)(H,77,97)(H,78,99)(H,79,95)(H,80,100)(H,81,94)(H,89,90)(H,91,92)(H,101,102)(H3,72,73,103)/t38-,47+,48-,49+,50-,51+,52-,53+,54?,58+/m1/s1. The number of hydrogen-bond donors (Lipinski definition) is 18. The van der Waals surface area contributed by atoms with Gasteiger partial charge in [0.05, 0.1) is 19.2 Å². The van der Waals surface area contributed by atoms with E-state index in [-0.39, 0.29) is 108 Å². The SMILES string of the molecule is C[C@@H](O)[C@@H]1NC(=O)[C@H](CCCCN)NC(=O)[C@@H](Cc2ccc(NC(N)=O)cc2)NC(=O)[C@H](Cc2ccc(O)cc2)NC(=O)[C@H](NC(=O)[C@H](Cc2ccc(Cl)cc2)NC(=O)CCC(C(=O)O)N2CCN(CC(=O)O)CCN(CC(=O)O)CC2)CSSC[C@@H](C(=O)N[C@H](Cc2ccc(O)cc2)C(N)=O)NC1=O. The number of urea groups is 1. The average Bonchev–Trinajstić information content (AvgIpc) is 1.56. The largest absolute Gasteiger partial charge is 0.508 e. The fourth-order valence-electron chi connectivity index (χ4n) is 11.4. The highest BCUT2D eigenvalue weighted by Crippen LogP contribution is 2.25. The molecule has 4 aromatic carbocycles. The van der Waals surface area contributed by atoms with Crippen molar-refractivity contribution in [3.8, 4) is 11.5 Å². The number of hydrogen-bond acceptors (Lipinski definition) is 22. The Balaban J connectivity index is 1.42. The van der Waals surface area contributed by atoms with Crippen LogP contribution in [0.5, 0.6) is 11.5 Å². The van der Waals surface area contributed by atoms with E-state index in [0.717, 1.165) is 28.5 Å². The van der Waals surface area contributed by atoms with Gasteiger partial charge in [-0.25, -0.2) is 4.79 Å². The maximum Gasteiger partial charge on any atom is 0.320 e. The molecule has 2 heterocycles. The van der Waals surface area contributed by atoms with Gasteiger partial charge >= 0.3 is 23.9 Å². The second-order valence-corrected chi connectivity index (χ2v) is 28.2. The van der Waals surface area contributed by atoms with Gasteiger partial charge in [0.15, 0.2) is 0 Å². The zero-order chi connectivity index (χ0) is 76.9. The molecule has 0 bridgehead atoms. The third-order valence-electron chi connectivity index (χ3n) is 17.0. The van der Waals surface area contributed by atoms with E-state index in [1.54, 1.807) is 12.1 Å². The van der Waals surface area contributed by atoms with Gasteiger partial charge in [0.2, 0.25) is 53.2 Å². The van der Waals surface area contributed by atoms with E-state index < -0.39 is 169 Å². The Morgan fingerprint density at radius 3 is 1.59 bits per heavy atom. The van der Waals surface area contributed by atoms with Crippen LogP contribution in [0.25, 0.3) is 0 Å². The number of phenols is 2. The molecule has 2 saturated heterocycles. The number of halogens is 1. The van der Waals surface area contributed by atoms with Crippen LogP contribution in [0.4, 0.5) is 10.5 Å². The normalized spacial score (nSPS) is 20.7. The molecule has 105 heavy (non-hydrogen) atoms. The number of rotatable bonds is 29. The van der Waals surface area contributed by atoms with Gasteiger partial charge in [-0.15, -0.1) is 0 Å². The zero-order valence-electron chi connectivity index (χ0n) is 57.4. The predicted molar refractivity (Wildman–Crippen MR) is 387 cm³/mol. The minimum absolute atomic E-state index is 0.00853. The Morgan fingerprint density at radius 2 is 1.08 bits per heavy atom. The van der Waals surface area contributed by atoms with Crippen LogP contribution in [0.2, 0.25) is 5.02 Å². The van der Waals surface area contributed by atoms with E-state index >= 15 is 14.4 Å². The van der Waals surface area contributed by atoms with Crippen molar-refractivity contribution in [1.29, 1.82) is 0 Å². The first-order valence-electron chi connectivity index (χ1n) is 33.6. The van der Waals surface area contributed by atoms with Gasteiger partial charge in [0.25, 0.3) is 0 Å². The van der Waals surface area contributed by atoms with E-state index in [4.69, 9.17) is 28.8 Å². The summed E-state index contributed by atoms with van der Waals surface area (Å²) in [5.74, 6) is -13.9. The van der Waals surface area contributed by atoms with E-state index in [2.05, 4.69) is 47.9 Å². The Labute approximate surface area is 617 Å². The smallest absolute Gasteiger partial charge is 0.320 e. The molecule has 1 unspecified atom stereocenters. The molecule has 0 radical (unpaired) electrons. The number of primary amides is 2. The topological polar surface area (TPSA) is 539 Å². The second-order valence-electron chi connectivity index (χ2n) is 25.2. The van der Waals surface area contributed by atoms with Gasteiger partial charge in [-0.1, -0.05) is 81.7 Å². The van der Waals surface area contributed by atoms with Crippen molar-refractivity contribution in [2.75, 3.05) is 75.7 Å². The van der Waals surface area contributed by atoms with Gasteiger partial charge < -0.3 is 95.7 Å². The third kappa shape index (κ3) is 29.0. The molecule has 0 spiro atoms. The molecule has 0 aliphatic carbocycles. The molecule has 2 aliphatic rings. The number of carbonyl (C=O) groups is 13. The summed E-state index contributed by atoms with van der Waals surface area (Å²) < 4.78 is 0. The lowest BCUT2D eigenvalue weighted by Crippen LogP contribution is -2.62. The lowest BCUT2D eigenvalue weighted by atomic mass is 10.0.